The molecule has 0 atom stereocenters. The maximum absolute atomic E-state index is 13.2. The number of halogens is 1. The number of likely N-dealkylation sites (tertiary alicyclic amines) is 1. The molecule has 0 unspecified atom stereocenters. The summed E-state index contributed by atoms with van der Waals surface area (Å²) in [6, 6.07) is 18.5. The van der Waals surface area contributed by atoms with Crippen LogP contribution in [0.15, 0.2) is 66.7 Å². The number of carbonyl (C=O) groups is 1. The molecule has 1 amide bonds. The molecule has 1 N–H and O–H groups in total. The fourth-order valence-corrected chi connectivity index (χ4v) is 4.12. The Morgan fingerprint density at radius 1 is 0.939 bits per heavy atom. The van der Waals surface area contributed by atoms with Gasteiger partial charge in [0, 0.05) is 19.2 Å². The minimum atomic E-state index is -0.568. The highest BCUT2D eigenvalue weighted by Crippen LogP contribution is 2.27. The molecular weight excluding hydrogens is 421 g/mol. The highest BCUT2D eigenvalue weighted by molar-refractivity contribution is 5.99. The van der Waals surface area contributed by atoms with Crippen molar-refractivity contribution in [2.45, 2.75) is 25.8 Å². The fraction of sp³-hybridized carbons (Fsp3) is 0.269. The Morgan fingerprint density at radius 2 is 1.58 bits per heavy atom. The predicted octanol–water partition coefficient (Wildman–Crippen LogP) is 4.97. The number of benzene rings is 3. The van der Waals surface area contributed by atoms with Crippen molar-refractivity contribution in [2.24, 2.45) is 0 Å². The summed E-state index contributed by atoms with van der Waals surface area (Å²) < 4.78 is 13.2. The largest absolute Gasteiger partial charge is 0.351 e. The number of nitro groups is 1. The molecule has 0 aromatic heterocycles. The van der Waals surface area contributed by atoms with Gasteiger partial charge in [0.25, 0.3) is 11.6 Å². The summed E-state index contributed by atoms with van der Waals surface area (Å²) in [6.07, 6.45) is 3.17. The van der Waals surface area contributed by atoms with Crippen LogP contribution in [0.25, 0.3) is 11.1 Å². The van der Waals surface area contributed by atoms with Gasteiger partial charge in [-0.05, 0) is 72.8 Å². The Labute approximate surface area is 192 Å². The molecule has 3 aromatic rings. The van der Waals surface area contributed by atoms with Crippen molar-refractivity contribution in [3.63, 3.8) is 0 Å². The molecule has 1 aliphatic heterocycles. The Hall–Kier alpha value is -3.58. The normalized spacial score (nSPS) is 13.7. The van der Waals surface area contributed by atoms with Crippen LogP contribution in [0.5, 0.6) is 0 Å². The number of hydrogen-bond donors (Lipinski definition) is 1. The fourth-order valence-electron chi connectivity index (χ4n) is 4.12. The average Bonchev–Trinajstić information content (AvgIpc) is 3.33. The van der Waals surface area contributed by atoms with Crippen molar-refractivity contribution in [2.75, 3.05) is 19.6 Å². The van der Waals surface area contributed by atoms with Gasteiger partial charge in [0.05, 0.1) is 4.92 Å². The van der Waals surface area contributed by atoms with Crippen LogP contribution in [0.4, 0.5) is 10.1 Å². The van der Waals surface area contributed by atoms with E-state index in [1.165, 1.54) is 42.7 Å². The Kier molecular flexibility index (Phi) is 7.10. The summed E-state index contributed by atoms with van der Waals surface area (Å²) in [5.41, 5.74) is 3.29. The summed E-state index contributed by atoms with van der Waals surface area (Å²) >= 11 is 0. The van der Waals surface area contributed by atoms with Crippen LogP contribution < -0.4 is 5.32 Å². The van der Waals surface area contributed by atoms with E-state index >= 15 is 0 Å². The van der Waals surface area contributed by atoms with E-state index in [1.807, 2.05) is 0 Å². The monoisotopic (exact) mass is 447 g/mol. The SMILES string of the molecule is O=C(NCCc1ccc(CN2CCCC2)cc1)c1ccc(-c2ccc(F)cc2)cc1[N+](=O)[O-]. The molecule has 0 spiro atoms. The predicted molar refractivity (Wildman–Crippen MR) is 125 cm³/mol. The lowest BCUT2D eigenvalue weighted by Gasteiger charge is -2.14. The van der Waals surface area contributed by atoms with Crippen LogP contribution >= 0.6 is 0 Å². The molecule has 1 heterocycles. The van der Waals surface area contributed by atoms with Gasteiger partial charge in [-0.15, -0.1) is 0 Å². The number of carbonyl (C=O) groups excluding carboxylic acids is 1. The van der Waals surface area contributed by atoms with Crippen LogP contribution in [0.1, 0.15) is 34.3 Å². The molecule has 1 saturated heterocycles. The van der Waals surface area contributed by atoms with Crippen molar-refractivity contribution in [1.82, 2.24) is 10.2 Å². The molecule has 170 valence electrons. The van der Waals surface area contributed by atoms with Crippen molar-refractivity contribution in [1.29, 1.82) is 0 Å². The zero-order valence-electron chi connectivity index (χ0n) is 18.3. The second-order valence-corrected chi connectivity index (χ2v) is 8.30. The van der Waals surface area contributed by atoms with Crippen LogP contribution in [-0.4, -0.2) is 35.4 Å². The number of nitrogens with zero attached hydrogens (tertiary/aromatic N) is 2. The van der Waals surface area contributed by atoms with E-state index in [9.17, 15) is 19.3 Å². The Morgan fingerprint density at radius 3 is 2.24 bits per heavy atom. The molecule has 0 bridgehead atoms. The number of nitrogens with one attached hydrogen (secondary N) is 1. The smallest absolute Gasteiger partial charge is 0.282 e. The van der Waals surface area contributed by atoms with Crippen molar-refractivity contribution in [3.8, 4) is 11.1 Å². The third kappa shape index (κ3) is 5.81. The molecule has 1 fully saturated rings. The van der Waals surface area contributed by atoms with Gasteiger partial charge in [0.15, 0.2) is 0 Å². The molecular formula is C26H26FN3O3. The van der Waals surface area contributed by atoms with Gasteiger partial charge in [-0.1, -0.05) is 42.5 Å². The molecule has 0 radical (unpaired) electrons. The topological polar surface area (TPSA) is 75.5 Å². The maximum Gasteiger partial charge on any atom is 0.282 e. The molecule has 3 aromatic carbocycles. The minimum absolute atomic E-state index is 0.00632. The number of rotatable bonds is 8. The van der Waals surface area contributed by atoms with E-state index in [-0.39, 0.29) is 17.1 Å². The lowest BCUT2D eigenvalue weighted by molar-refractivity contribution is -0.385. The first-order valence-electron chi connectivity index (χ1n) is 11.1. The summed E-state index contributed by atoms with van der Waals surface area (Å²) in [5.74, 6) is -0.872. The first-order valence-corrected chi connectivity index (χ1v) is 11.1. The Balaban J connectivity index is 1.36. The second kappa shape index (κ2) is 10.4. The summed E-state index contributed by atoms with van der Waals surface area (Å²) in [5, 5.41) is 14.4. The van der Waals surface area contributed by atoms with Gasteiger partial charge in [-0.2, -0.15) is 0 Å². The quantitative estimate of drug-likeness (QED) is 0.391. The van der Waals surface area contributed by atoms with Gasteiger partial charge in [-0.3, -0.25) is 19.8 Å². The third-order valence-electron chi connectivity index (χ3n) is 5.94. The summed E-state index contributed by atoms with van der Waals surface area (Å²) in [6.45, 7) is 3.66. The van der Waals surface area contributed by atoms with E-state index in [1.54, 1.807) is 18.2 Å². The summed E-state index contributed by atoms with van der Waals surface area (Å²) in [4.78, 5) is 26.1. The first kappa shape index (κ1) is 22.6. The maximum atomic E-state index is 13.2. The van der Waals surface area contributed by atoms with Crippen molar-refractivity contribution in [3.05, 3.63) is 99.4 Å². The van der Waals surface area contributed by atoms with E-state index in [0.29, 0.717) is 24.1 Å². The lowest BCUT2D eigenvalue weighted by atomic mass is 10.0. The number of hydrogen-bond acceptors (Lipinski definition) is 4. The molecule has 7 heteroatoms. The average molecular weight is 448 g/mol. The van der Waals surface area contributed by atoms with E-state index in [2.05, 4.69) is 34.5 Å². The standard InChI is InChI=1S/C26H26FN3O3/c27-23-10-7-21(8-11-23)22-9-12-24(25(17-22)30(32)33)26(31)28-14-13-19-3-5-20(6-4-19)18-29-15-1-2-16-29/h3-12,17H,1-2,13-16,18H2,(H,28,31). The number of nitro benzene ring substituents is 1. The van der Waals surface area contributed by atoms with Gasteiger partial charge in [0.1, 0.15) is 11.4 Å². The second-order valence-electron chi connectivity index (χ2n) is 8.30. The van der Waals surface area contributed by atoms with Gasteiger partial charge < -0.3 is 5.32 Å². The van der Waals surface area contributed by atoms with Gasteiger partial charge in [-0.25, -0.2) is 4.39 Å². The zero-order valence-corrected chi connectivity index (χ0v) is 18.3. The van der Waals surface area contributed by atoms with Crippen LogP contribution in [0, 0.1) is 15.9 Å². The van der Waals surface area contributed by atoms with Crippen LogP contribution in [-0.2, 0) is 13.0 Å². The molecule has 33 heavy (non-hydrogen) atoms. The summed E-state index contributed by atoms with van der Waals surface area (Å²) in [7, 11) is 0. The molecule has 0 saturated carbocycles. The van der Waals surface area contributed by atoms with Gasteiger partial charge >= 0.3 is 0 Å². The van der Waals surface area contributed by atoms with E-state index < -0.39 is 10.8 Å². The number of amides is 1. The van der Waals surface area contributed by atoms with E-state index in [0.717, 1.165) is 25.2 Å². The van der Waals surface area contributed by atoms with E-state index in [4.69, 9.17) is 0 Å². The van der Waals surface area contributed by atoms with Gasteiger partial charge in [0.2, 0.25) is 0 Å². The third-order valence-corrected chi connectivity index (χ3v) is 5.94. The van der Waals surface area contributed by atoms with Crippen molar-refractivity contribution >= 4 is 11.6 Å². The Bertz CT molecular complexity index is 1120. The molecule has 6 nitrogen and oxygen atoms in total. The molecule has 1 aliphatic rings. The lowest BCUT2D eigenvalue weighted by Crippen LogP contribution is -2.26. The molecule has 0 aliphatic carbocycles. The van der Waals surface area contributed by atoms with Crippen LogP contribution in [0.2, 0.25) is 0 Å². The minimum Gasteiger partial charge on any atom is -0.351 e. The molecule has 4 rings (SSSR count). The zero-order chi connectivity index (χ0) is 23.2. The first-order chi connectivity index (χ1) is 16.0. The highest BCUT2D eigenvalue weighted by atomic mass is 19.1. The van der Waals surface area contributed by atoms with Crippen molar-refractivity contribution < 1.29 is 14.1 Å². The highest BCUT2D eigenvalue weighted by Gasteiger charge is 2.21. The van der Waals surface area contributed by atoms with Crippen LogP contribution in [0.3, 0.4) is 0 Å².